The predicted octanol–water partition coefficient (Wildman–Crippen LogP) is 1.52. The molecule has 0 saturated heterocycles. The lowest BCUT2D eigenvalue weighted by molar-refractivity contribution is 0.160. The van der Waals surface area contributed by atoms with Gasteiger partial charge in [0.05, 0.1) is 17.7 Å². The van der Waals surface area contributed by atoms with Crippen molar-refractivity contribution in [2.24, 2.45) is 0 Å². The molecule has 0 heterocycles. The molecular weight excluding hydrogens is 242 g/mol. The molecule has 0 spiro atoms. The van der Waals surface area contributed by atoms with Crippen LogP contribution in [0.4, 0.5) is 4.79 Å². The summed E-state index contributed by atoms with van der Waals surface area (Å²) in [6, 6.07) is 8.87. The van der Waals surface area contributed by atoms with Crippen molar-refractivity contribution in [2.75, 3.05) is 6.54 Å². The Bertz CT molecular complexity index is 454. The lowest BCUT2D eigenvalue weighted by atomic mass is 10.1. The number of carbonyl (C=O) groups excluding carboxylic acids is 1. The Kier molecular flexibility index (Phi) is 6.41. The molecule has 0 radical (unpaired) electrons. The number of hydrogen-bond acceptors (Lipinski definition) is 3. The number of hydrogen-bond donors (Lipinski definition) is 3. The highest BCUT2D eigenvalue weighted by molar-refractivity contribution is 5.73. The Hall–Kier alpha value is -2.06. The Morgan fingerprint density at radius 3 is 2.95 bits per heavy atom. The lowest BCUT2D eigenvalue weighted by Gasteiger charge is -2.10. The quantitative estimate of drug-likeness (QED) is 0.725. The minimum absolute atomic E-state index is 0.273. The van der Waals surface area contributed by atoms with Crippen molar-refractivity contribution in [1.29, 1.82) is 5.26 Å². The number of rotatable bonds is 6. The molecule has 5 nitrogen and oxygen atoms in total. The summed E-state index contributed by atoms with van der Waals surface area (Å²) >= 11 is 0. The van der Waals surface area contributed by atoms with Crippen LogP contribution in [-0.2, 0) is 6.54 Å². The molecule has 0 saturated carbocycles. The van der Waals surface area contributed by atoms with Crippen molar-refractivity contribution in [3.05, 3.63) is 35.4 Å². The molecule has 0 aliphatic rings. The van der Waals surface area contributed by atoms with Crippen LogP contribution in [0.3, 0.4) is 0 Å². The van der Waals surface area contributed by atoms with Crippen LogP contribution in [0.15, 0.2) is 24.3 Å². The maximum Gasteiger partial charge on any atom is 0.315 e. The molecule has 1 rings (SSSR count). The maximum atomic E-state index is 11.5. The molecule has 1 unspecified atom stereocenters. The molecule has 1 aromatic rings. The van der Waals surface area contributed by atoms with E-state index in [2.05, 4.69) is 16.7 Å². The van der Waals surface area contributed by atoms with E-state index in [1.807, 2.05) is 13.0 Å². The molecule has 5 heteroatoms. The molecule has 3 N–H and O–H groups in total. The second kappa shape index (κ2) is 8.11. The van der Waals surface area contributed by atoms with Gasteiger partial charge in [-0.3, -0.25) is 0 Å². The van der Waals surface area contributed by atoms with E-state index in [9.17, 15) is 9.90 Å². The van der Waals surface area contributed by atoms with E-state index in [1.54, 1.807) is 18.2 Å². The van der Waals surface area contributed by atoms with Gasteiger partial charge in [-0.25, -0.2) is 4.79 Å². The summed E-state index contributed by atoms with van der Waals surface area (Å²) in [5, 5.41) is 23.5. The average Bonchev–Trinajstić information content (AvgIpc) is 2.45. The van der Waals surface area contributed by atoms with E-state index in [4.69, 9.17) is 5.26 Å². The van der Waals surface area contributed by atoms with Gasteiger partial charge in [0.2, 0.25) is 0 Å². The van der Waals surface area contributed by atoms with Gasteiger partial charge in [-0.05, 0) is 30.5 Å². The van der Waals surface area contributed by atoms with Crippen LogP contribution in [0, 0.1) is 11.3 Å². The van der Waals surface area contributed by atoms with Gasteiger partial charge >= 0.3 is 6.03 Å². The summed E-state index contributed by atoms with van der Waals surface area (Å²) in [7, 11) is 0. The van der Waals surface area contributed by atoms with E-state index in [1.165, 1.54) is 0 Å². The van der Waals surface area contributed by atoms with E-state index in [-0.39, 0.29) is 12.1 Å². The number of benzene rings is 1. The van der Waals surface area contributed by atoms with Crippen molar-refractivity contribution in [3.8, 4) is 6.07 Å². The van der Waals surface area contributed by atoms with E-state index in [0.29, 0.717) is 31.5 Å². The highest BCUT2D eigenvalue weighted by atomic mass is 16.3. The third-order valence-electron chi connectivity index (χ3n) is 2.74. The highest BCUT2D eigenvalue weighted by Gasteiger charge is 2.03. The molecule has 0 aromatic heterocycles. The van der Waals surface area contributed by atoms with Gasteiger partial charge in [0.25, 0.3) is 0 Å². The van der Waals surface area contributed by atoms with Crippen LogP contribution < -0.4 is 10.6 Å². The normalized spacial score (nSPS) is 11.4. The van der Waals surface area contributed by atoms with Crippen molar-refractivity contribution in [2.45, 2.75) is 32.4 Å². The molecule has 1 atom stereocenters. The van der Waals surface area contributed by atoms with Crippen molar-refractivity contribution >= 4 is 6.03 Å². The second-order valence-electron chi connectivity index (χ2n) is 4.27. The number of carbonyl (C=O) groups is 1. The molecule has 1 aromatic carbocycles. The van der Waals surface area contributed by atoms with Gasteiger partial charge in [-0.15, -0.1) is 0 Å². The summed E-state index contributed by atoms with van der Waals surface area (Å²) in [5.41, 5.74) is 1.45. The van der Waals surface area contributed by atoms with Gasteiger partial charge in [0.15, 0.2) is 0 Å². The van der Waals surface area contributed by atoms with Crippen molar-refractivity contribution < 1.29 is 9.90 Å². The van der Waals surface area contributed by atoms with E-state index < -0.39 is 0 Å². The van der Waals surface area contributed by atoms with E-state index in [0.717, 1.165) is 5.56 Å². The fourth-order valence-electron chi connectivity index (χ4n) is 1.55. The van der Waals surface area contributed by atoms with Crippen LogP contribution >= 0.6 is 0 Å². The minimum atomic E-state index is -0.368. The zero-order chi connectivity index (χ0) is 14.1. The summed E-state index contributed by atoms with van der Waals surface area (Å²) in [5.74, 6) is 0. The summed E-state index contributed by atoms with van der Waals surface area (Å²) in [6.45, 7) is 2.71. The number of amides is 2. The molecule has 0 fully saturated rings. The fourth-order valence-corrected chi connectivity index (χ4v) is 1.55. The number of nitrogens with zero attached hydrogens (tertiary/aromatic N) is 1. The van der Waals surface area contributed by atoms with E-state index >= 15 is 0 Å². The van der Waals surface area contributed by atoms with Gasteiger partial charge in [0, 0.05) is 13.1 Å². The van der Waals surface area contributed by atoms with Gasteiger partial charge in [-0.1, -0.05) is 19.1 Å². The number of nitrogens with one attached hydrogen (secondary N) is 2. The third kappa shape index (κ3) is 5.89. The summed E-state index contributed by atoms with van der Waals surface area (Å²) < 4.78 is 0. The van der Waals surface area contributed by atoms with Crippen LogP contribution in [0.1, 0.15) is 30.9 Å². The highest BCUT2D eigenvalue weighted by Crippen LogP contribution is 2.03. The molecule has 0 aliphatic carbocycles. The monoisotopic (exact) mass is 261 g/mol. The Morgan fingerprint density at radius 2 is 2.26 bits per heavy atom. The summed E-state index contributed by atoms with van der Waals surface area (Å²) in [4.78, 5) is 11.5. The van der Waals surface area contributed by atoms with Gasteiger partial charge in [-0.2, -0.15) is 5.26 Å². The first-order chi connectivity index (χ1) is 9.15. The second-order valence-corrected chi connectivity index (χ2v) is 4.27. The largest absolute Gasteiger partial charge is 0.393 e. The number of aliphatic hydroxyl groups excluding tert-OH is 1. The Labute approximate surface area is 113 Å². The Balaban J connectivity index is 2.28. The first-order valence-electron chi connectivity index (χ1n) is 6.34. The number of nitriles is 1. The maximum absolute atomic E-state index is 11.5. The van der Waals surface area contributed by atoms with Crippen LogP contribution in [0.5, 0.6) is 0 Å². The molecule has 0 bridgehead atoms. The van der Waals surface area contributed by atoms with Crippen molar-refractivity contribution in [3.63, 3.8) is 0 Å². The van der Waals surface area contributed by atoms with Gasteiger partial charge in [0.1, 0.15) is 0 Å². The van der Waals surface area contributed by atoms with Crippen molar-refractivity contribution in [1.82, 2.24) is 10.6 Å². The lowest BCUT2D eigenvalue weighted by Crippen LogP contribution is -2.36. The standard InChI is InChI=1S/C14H19N3O2/c1-2-13(18)6-7-16-14(19)17-10-12-5-3-4-11(8-12)9-15/h3-5,8,13,18H,2,6-7,10H2,1H3,(H2,16,17,19). The third-order valence-corrected chi connectivity index (χ3v) is 2.74. The smallest absolute Gasteiger partial charge is 0.315 e. The first kappa shape index (κ1) is 15.0. The zero-order valence-electron chi connectivity index (χ0n) is 11.0. The van der Waals surface area contributed by atoms with Crippen LogP contribution in [0.25, 0.3) is 0 Å². The molecular formula is C14H19N3O2. The van der Waals surface area contributed by atoms with Crippen LogP contribution in [0.2, 0.25) is 0 Å². The average molecular weight is 261 g/mol. The van der Waals surface area contributed by atoms with Gasteiger partial charge < -0.3 is 15.7 Å². The molecule has 102 valence electrons. The number of aliphatic hydroxyl groups is 1. The molecule has 19 heavy (non-hydrogen) atoms. The Morgan fingerprint density at radius 1 is 1.47 bits per heavy atom. The van der Waals surface area contributed by atoms with Crippen LogP contribution in [-0.4, -0.2) is 23.8 Å². The summed E-state index contributed by atoms with van der Waals surface area (Å²) in [6.07, 6.45) is 0.866. The SMILES string of the molecule is CCC(O)CCNC(=O)NCc1cccc(C#N)c1. The predicted molar refractivity (Wildman–Crippen MR) is 72.3 cm³/mol. The fraction of sp³-hybridized carbons (Fsp3) is 0.429. The first-order valence-corrected chi connectivity index (χ1v) is 6.34. The topological polar surface area (TPSA) is 85.2 Å². The molecule has 0 aliphatic heterocycles. The molecule has 2 amide bonds. The zero-order valence-corrected chi connectivity index (χ0v) is 11.0. The minimum Gasteiger partial charge on any atom is -0.393 e. The number of urea groups is 1.